The molecular formula is C12H9BrClN. The molecule has 0 atom stereocenters. The molecule has 3 heteroatoms. The van der Waals surface area contributed by atoms with Crippen molar-refractivity contribution in [3.05, 3.63) is 53.3 Å². The van der Waals surface area contributed by atoms with Crippen molar-refractivity contribution in [1.82, 2.24) is 4.98 Å². The van der Waals surface area contributed by atoms with Crippen LogP contribution in [-0.2, 0) is 5.33 Å². The minimum atomic E-state index is 0.554. The second-order valence-corrected chi connectivity index (χ2v) is 4.05. The van der Waals surface area contributed by atoms with Crippen LogP contribution in [0.2, 0.25) is 5.15 Å². The molecule has 1 aromatic heterocycles. The highest BCUT2D eigenvalue weighted by molar-refractivity contribution is 9.08. The van der Waals surface area contributed by atoms with Crippen LogP contribution in [0.1, 0.15) is 5.56 Å². The highest BCUT2D eigenvalue weighted by Gasteiger charge is 2.08. The second-order valence-electron chi connectivity index (χ2n) is 3.14. The normalized spacial score (nSPS) is 10.3. The summed E-state index contributed by atoms with van der Waals surface area (Å²) in [6, 6.07) is 12.0. The van der Waals surface area contributed by atoms with Crippen LogP contribution in [0.3, 0.4) is 0 Å². The Labute approximate surface area is 102 Å². The van der Waals surface area contributed by atoms with E-state index in [-0.39, 0.29) is 0 Å². The highest BCUT2D eigenvalue weighted by atomic mass is 79.9. The topological polar surface area (TPSA) is 12.9 Å². The van der Waals surface area contributed by atoms with Crippen LogP contribution in [0.15, 0.2) is 42.6 Å². The summed E-state index contributed by atoms with van der Waals surface area (Å²) < 4.78 is 0. The number of alkyl halides is 1. The molecule has 76 valence electrons. The first kappa shape index (κ1) is 10.7. The van der Waals surface area contributed by atoms with Crippen molar-refractivity contribution in [2.75, 3.05) is 0 Å². The third-order valence-corrected chi connectivity index (χ3v) is 3.09. The van der Waals surface area contributed by atoms with Crippen molar-refractivity contribution in [3.8, 4) is 11.1 Å². The monoisotopic (exact) mass is 281 g/mol. The van der Waals surface area contributed by atoms with Gasteiger partial charge in [0, 0.05) is 17.1 Å². The SMILES string of the molecule is Clc1nccc(CBr)c1-c1ccccc1. The summed E-state index contributed by atoms with van der Waals surface area (Å²) in [6.07, 6.45) is 1.73. The number of hydrogen-bond donors (Lipinski definition) is 0. The largest absolute Gasteiger partial charge is 0.244 e. The molecule has 2 rings (SSSR count). The molecule has 0 aliphatic carbocycles. The summed E-state index contributed by atoms with van der Waals surface area (Å²) in [5.74, 6) is 0. The van der Waals surface area contributed by atoms with E-state index in [4.69, 9.17) is 11.6 Å². The van der Waals surface area contributed by atoms with Crippen LogP contribution >= 0.6 is 27.5 Å². The minimum absolute atomic E-state index is 0.554. The third-order valence-electron chi connectivity index (χ3n) is 2.20. The Hall–Kier alpha value is -0.860. The van der Waals surface area contributed by atoms with E-state index in [2.05, 4.69) is 20.9 Å². The van der Waals surface area contributed by atoms with Crippen molar-refractivity contribution in [2.45, 2.75) is 5.33 Å². The maximum Gasteiger partial charge on any atom is 0.137 e. The minimum Gasteiger partial charge on any atom is -0.244 e. The van der Waals surface area contributed by atoms with E-state index in [0.717, 1.165) is 22.0 Å². The van der Waals surface area contributed by atoms with Gasteiger partial charge in [0.05, 0.1) is 0 Å². The number of nitrogens with zero attached hydrogens (tertiary/aromatic N) is 1. The molecule has 1 heterocycles. The highest BCUT2D eigenvalue weighted by Crippen LogP contribution is 2.30. The van der Waals surface area contributed by atoms with E-state index >= 15 is 0 Å². The van der Waals surface area contributed by atoms with Gasteiger partial charge in [0.15, 0.2) is 0 Å². The lowest BCUT2D eigenvalue weighted by molar-refractivity contribution is 1.28. The fraction of sp³-hybridized carbons (Fsp3) is 0.0833. The Morgan fingerprint density at radius 1 is 1.13 bits per heavy atom. The molecule has 0 N–H and O–H groups in total. The van der Waals surface area contributed by atoms with Gasteiger partial charge in [-0.2, -0.15) is 0 Å². The Morgan fingerprint density at radius 2 is 1.87 bits per heavy atom. The average molecular weight is 283 g/mol. The van der Waals surface area contributed by atoms with Crippen molar-refractivity contribution in [2.24, 2.45) is 0 Å². The molecule has 0 fully saturated rings. The lowest BCUT2D eigenvalue weighted by Crippen LogP contribution is -1.89. The molecule has 0 saturated carbocycles. The van der Waals surface area contributed by atoms with Crippen molar-refractivity contribution in [3.63, 3.8) is 0 Å². The second kappa shape index (κ2) is 4.77. The standard InChI is InChI=1S/C12H9BrClN/c13-8-10-6-7-15-12(14)11(10)9-4-2-1-3-5-9/h1-7H,8H2. The first-order chi connectivity index (χ1) is 7.33. The Morgan fingerprint density at radius 3 is 2.53 bits per heavy atom. The lowest BCUT2D eigenvalue weighted by Gasteiger charge is -2.08. The summed E-state index contributed by atoms with van der Waals surface area (Å²) in [5.41, 5.74) is 3.27. The molecule has 0 saturated heterocycles. The van der Waals surface area contributed by atoms with Crippen LogP contribution in [-0.4, -0.2) is 4.98 Å². The lowest BCUT2D eigenvalue weighted by atomic mass is 10.0. The van der Waals surface area contributed by atoms with Gasteiger partial charge in [0.2, 0.25) is 0 Å². The van der Waals surface area contributed by atoms with E-state index in [0.29, 0.717) is 5.15 Å². The van der Waals surface area contributed by atoms with E-state index in [9.17, 15) is 0 Å². The summed E-state index contributed by atoms with van der Waals surface area (Å²) in [5, 5.41) is 1.33. The molecular weight excluding hydrogens is 273 g/mol. The number of pyridine rings is 1. The number of benzene rings is 1. The zero-order chi connectivity index (χ0) is 10.7. The zero-order valence-electron chi connectivity index (χ0n) is 7.95. The fourth-order valence-corrected chi connectivity index (χ4v) is 2.25. The molecule has 0 unspecified atom stereocenters. The van der Waals surface area contributed by atoms with Crippen LogP contribution in [0.5, 0.6) is 0 Å². The number of rotatable bonds is 2. The Bertz CT molecular complexity index is 456. The fourth-order valence-electron chi connectivity index (χ4n) is 1.49. The van der Waals surface area contributed by atoms with E-state index in [1.54, 1.807) is 6.20 Å². The summed E-state index contributed by atoms with van der Waals surface area (Å²) >= 11 is 9.56. The summed E-state index contributed by atoms with van der Waals surface area (Å²) in [4.78, 5) is 4.11. The molecule has 2 aromatic rings. The molecule has 1 nitrogen and oxygen atoms in total. The van der Waals surface area contributed by atoms with Gasteiger partial charge in [-0.05, 0) is 17.2 Å². The first-order valence-electron chi connectivity index (χ1n) is 4.57. The average Bonchev–Trinajstić information content (AvgIpc) is 2.29. The maximum atomic E-state index is 6.11. The molecule has 0 spiro atoms. The molecule has 0 amide bonds. The quantitative estimate of drug-likeness (QED) is 0.591. The van der Waals surface area contributed by atoms with Gasteiger partial charge in [-0.1, -0.05) is 57.9 Å². The smallest absolute Gasteiger partial charge is 0.137 e. The molecule has 0 radical (unpaired) electrons. The van der Waals surface area contributed by atoms with Crippen LogP contribution in [0.25, 0.3) is 11.1 Å². The van der Waals surface area contributed by atoms with Gasteiger partial charge in [-0.3, -0.25) is 0 Å². The Kier molecular flexibility index (Phi) is 3.39. The van der Waals surface area contributed by atoms with Gasteiger partial charge in [0.1, 0.15) is 5.15 Å². The summed E-state index contributed by atoms with van der Waals surface area (Å²) in [7, 11) is 0. The molecule has 0 aliphatic rings. The van der Waals surface area contributed by atoms with Crippen molar-refractivity contribution >= 4 is 27.5 Å². The van der Waals surface area contributed by atoms with Gasteiger partial charge in [0.25, 0.3) is 0 Å². The van der Waals surface area contributed by atoms with Gasteiger partial charge in [-0.15, -0.1) is 0 Å². The first-order valence-corrected chi connectivity index (χ1v) is 6.07. The maximum absolute atomic E-state index is 6.11. The van der Waals surface area contributed by atoms with Gasteiger partial charge >= 0.3 is 0 Å². The summed E-state index contributed by atoms with van der Waals surface area (Å²) in [6.45, 7) is 0. The molecule has 0 aliphatic heterocycles. The van der Waals surface area contributed by atoms with Crippen molar-refractivity contribution in [1.29, 1.82) is 0 Å². The molecule has 15 heavy (non-hydrogen) atoms. The van der Waals surface area contributed by atoms with Gasteiger partial charge < -0.3 is 0 Å². The molecule has 1 aromatic carbocycles. The van der Waals surface area contributed by atoms with E-state index < -0.39 is 0 Å². The van der Waals surface area contributed by atoms with Crippen LogP contribution in [0, 0.1) is 0 Å². The van der Waals surface area contributed by atoms with E-state index in [1.807, 2.05) is 36.4 Å². The van der Waals surface area contributed by atoms with E-state index in [1.165, 1.54) is 0 Å². The number of aromatic nitrogens is 1. The Balaban J connectivity index is 2.61. The van der Waals surface area contributed by atoms with Gasteiger partial charge in [-0.25, -0.2) is 4.98 Å². The van der Waals surface area contributed by atoms with Crippen LogP contribution in [0.4, 0.5) is 0 Å². The van der Waals surface area contributed by atoms with Crippen molar-refractivity contribution < 1.29 is 0 Å². The molecule has 0 bridgehead atoms. The predicted octanol–water partition coefficient (Wildman–Crippen LogP) is 4.30. The zero-order valence-corrected chi connectivity index (χ0v) is 10.3. The predicted molar refractivity (Wildman–Crippen MR) is 67.3 cm³/mol. The number of halogens is 2. The third kappa shape index (κ3) is 2.21. The number of hydrogen-bond acceptors (Lipinski definition) is 1. The van der Waals surface area contributed by atoms with Crippen LogP contribution < -0.4 is 0 Å².